The zero-order valence-corrected chi connectivity index (χ0v) is 15.8. The Morgan fingerprint density at radius 1 is 1.32 bits per heavy atom. The van der Waals surface area contributed by atoms with Gasteiger partial charge in [0.1, 0.15) is 5.76 Å². The summed E-state index contributed by atoms with van der Waals surface area (Å²) in [7, 11) is 5.37. The van der Waals surface area contributed by atoms with Gasteiger partial charge in [0.2, 0.25) is 0 Å². The summed E-state index contributed by atoms with van der Waals surface area (Å²) in [5.41, 5.74) is 0.877. The third-order valence-corrected chi connectivity index (χ3v) is 4.25. The average Bonchev–Trinajstić information content (AvgIpc) is 3.07. The number of alkyl halides is 2. The molecule has 25 heavy (non-hydrogen) atoms. The molecule has 5 nitrogen and oxygen atoms in total. The molecular formula is C17H21BrF2N2O3. The van der Waals surface area contributed by atoms with Gasteiger partial charge < -0.3 is 19.2 Å². The van der Waals surface area contributed by atoms with Crippen molar-refractivity contribution in [3.8, 4) is 11.5 Å². The number of nitrogens with zero attached hydrogens (tertiary/aromatic N) is 1. The number of nitrogens with one attached hydrogen (secondary N) is 1. The van der Waals surface area contributed by atoms with Crippen molar-refractivity contribution >= 4 is 15.9 Å². The highest BCUT2D eigenvalue weighted by Gasteiger charge is 2.18. The van der Waals surface area contributed by atoms with E-state index in [1.54, 1.807) is 18.4 Å². The number of halogens is 3. The SMILES string of the molecule is COc1cc(CNCC(c2ccco2)N(C)C)cc(Br)c1OC(F)F. The predicted octanol–water partition coefficient (Wildman–Crippen LogP) is 4.04. The maximum atomic E-state index is 12.5. The zero-order valence-electron chi connectivity index (χ0n) is 14.3. The second-order valence-electron chi connectivity index (χ2n) is 5.61. The first kappa shape index (κ1) is 19.7. The molecule has 0 aliphatic heterocycles. The van der Waals surface area contributed by atoms with Crippen molar-refractivity contribution in [2.45, 2.75) is 19.2 Å². The van der Waals surface area contributed by atoms with Crippen LogP contribution in [0.2, 0.25) is 0 Å². The molecule has 2 rings (SSSR count). The van der Waals surface area contributed by atoms with Gasteiger partial charge in [0.05, 0.1) is 23.9 Å². The Hall–Kier alpha value is -1.64. The molecule has 0 fully saturated rings. The number of furan rings is 1. The van der Waals surface area contributed by atoms with Crippen LogP contribution in [0.4, 0.5) is 8.78 Å². The molecule has 1 aromatic heterocycles. The molecule has 0 spiro atoms. The summed E-state index contributed by atoms with van der Waals surface area (Å²) in [6.07, 6.45) is 1.65. The predicted molar refractivity (Wildman–Crippen MR) is 94.2 cm³/mol. The van der Waals surface area contributed by atoms with Gasteiger partial charge in [-0.15, -0.1) is 0 Å². The standard InChI is InChI=1S/C17H21BrF2N2O3/c1-22(2)13(14-5-4-6-24-14)10-21-9-11-7-12(18)16(25-17(19)20)15(8-11)23-3/h4-8,13,17,21H,9-10H2,1-3H3. The molecule has 0 bridgehead atoms. The van der Waals surface area contributed by atoms with E-state index >= 15 is 0 Å². The topological polar surface area (TPSA) is 46.9 Å². The van der Waals surface area contributed by atoms with E-state index in [2.05, 4.69) is 30.9 Å². The van der Waals surface area contributed by atoms with Crippen molar-refractivity contribution in [1.29, 1.82) is 0 Å². The van der Waals surface area contributed by atoms with E-state index in [0.717, 1.165) is 11.3 Å². The lowest BCUT2D eigenvalue weighted by Gasteiger charge is -2.23. The van der Waals surface area contributed by atoms with Crippen LogP contribution in [0.3, 0.4) is 0 Å². The van der Waals surface area contributed by atoms with Gasteiger partial charge in [-0.3, -0.25) is 4.90 Å². The first-order valence-corrected chi connectivity index (χ1v) is 8.43. The Balaban J connectivity index is 2.04. The fourth-order valence-corrected chi connectivity index (χ4v) is 3.03. The Kier molecular flexibility index (Phi) is 7.22. The van der Waals surface area contributed by atoms with Crippen molar-refractivity contribution in [3.05, 3.63) is 46.3 Å². The average molecular weight is 419 g/mol. The van der Waals surface area contributed by atoms with Crippen LogP contribution in [0.1, 0.15) is 17.4 Å². The lowest BCUT2D eigenvalue weighted by molar-refractivity contribution is -0.0517. The third-order valence-electron chi connectivity index (χ3n) is 3.66. The first-order chi connectivity index (χ1) is 11.9. The van der Waals surface area contributed by atoms with Crippen molar-refractivity contribution in [2.24, 2.45) is 0 Å². The van der Waals surface area contributed by atoms with Crippen molar-refractivity contribution < 1.29 is 22.7 Å². The van der Waals surface area contributed by atoms with Crippen LogP contribution in [-0.4, -0.2) is 39.3 Å². The van der Waals surface area contributed by atoms with Crippen LogP contribution in [-0.2, 0) is 6.54 Å². The Labute approximate surface area is 154 Å². The smallest absolute Gasteiger partial charge is 0.387 e. The van der Waals surface area contributed by atoms with Gasteiger partial charge in [0.25, 0.3) is 0 Å². The monoisotopic (exact) mass is 418 g/mol. The maximum absolute atomic E-state index is 12.5. The Morgan fingerprint density at radius 3 is 2.64 bits per heavy atom. The van der Waals surface area contributed by atoms with Crippen LogP contribution >= 0.6 is 15.9 Å². The molecular weight excluding hydrogens is 398 g/mol. The number of benzene rings is 1. The molecule has 1 N–H and O–H groups in total. The molecule has 0 saturated heterocycles. The molecule has 138 valence electrons. The van der Waals surface area contributed by atoms with E-state index in [9.17, 15) is 8.78 Å². The number of rotatable bonds is 9. The molecule has 0 aliphatic rings. The van der Waals surface area contributed by atoms with Crippen LogP contribution < -0.4 is 14.8 Å². The third kappa shape index (κ3) is 5.42. The van der Waals surface area contributed by atoms with Crippen molar-refractivity contribution in [1.82, 2.24) is 10.2 Å². The highest BCUT2D eigenvalue weighted by atomic mass is 79.9. The molecule has 0 radical (unpaired) electrons. The molecule has 0 amide bonds. The van der Waals surface area contributed by atoms with Crippen molar-refractivity contribution in [3.63, 3.8) is 0 Å². The molecule has 1 aromatic carbocycles. The molecule has 1 unspecified atom stereocenters. The fourth-order valence-electron chi connectivity index (χ4n) is 2.45. The van der Waals surface area contributed by atoms with E-state index in [1.807, 2.05) is 26.2 Å². The molecule has 2 aromatic rings. The summed E-state index contributed by atoms with van der Waals surface area (Å²) in [6.45, 7) is -1.71. The van der Waals surface area contributed by atoms with Crippen LogP contribution in [0.5, 0.6) is 11.5 Å². The summed E-state index contributed by atoms with van der Waals surface area (Å²) < 4.78 is 40.5. The second kappa shape index (κ2) is 9.17. The van der Waals surface area contributed by atoms with Gasteiger partial charge >= 0.3 is 6.61 Å². The van der Waals surface area contributed by atoms with E-state index in [1.165, 1.54) is 7.11 Å². The van der Waals surface area contributed by atoms with E-state index in [-0.39, 0.29) is 17.5 Å². The van der Waals surface area contributed by atoms with Gasteiger partial charge in [-0.2, -0.15) is 8.78 Å². The van der Waals surface area contributed by atoms with Crippen LogP contribution in [0.25, 0.3) is 0 Å². The van der Waals surface area contributed by atoms with Gasteiger partial charge in [0, 0.05) is 13.1 Å². The summed E-state index contributed by atoms with van der Waals surface area (Å²) in [6, 6.07) is 7.28. The fraction of sp³-hybridized carbons (Fsp3) is 0.412. The minimum absolute atomic E-state index is 0.0111. The van der Waals surface area contributed by atoms with E-state index in [4.69, 9.17) is 9.15 Å². The lowest BCUT2D eigenvalue weighted by atomic mass is 10.1. The van der Waals surface area contributed by atoms with Crippen molar-refractivity contribution in [2.75, 3.05) is 27.7 Å². The van der Waals surface area contributed by atoms with Gasteiger partial charge in [-0.1, -0.05) is 0 Å². The molecule has 0 saturated carbocycles. The summed E-state index contributed by atoms with van der Waals surface area (Å²) in [5.74, 6) is 1.11. The highest BCUT2D eigenvalue weighted by Crippen LogP contribution is 2.37. The number of ether oxygens (including phenoxy) is 2. The molecule has 1 heterocycles. The minimum Gasteiger partial charge on any atom is -0.493 e. The Morgan fingerprint density at radius 2 is 2.08 bits per heavy atom. The number of likely N-dealkylation sites (N-methyl/N-ethyl adjacent to an activating group) is 1. The highest BCUT2D eigenvalue weighted by molar-refractivity contribution is 9.10. The number of hydrogen-bond acceptors (Lipinski definition) is 5. The van der Waals surface area contributed by atoms with Crippen LogP contribution in [0.15, 0.2) is 39.4 Å². The number of methoxy groups -OCH3 is 1. The van der Waals surface area contributed by atoms with Gasteiger partial charge in [-0.25, -0.2) is 0 Å². The summed E-state index contributed by atoms with van der Waals surface area (Å²) in [5, 5.41) is 3.34. The second-order valence-corrected chi connectivity index (χ2v) is 6.47. The lowest BCUT2D eigenvalue weighted by Crippen LogP contribution is -2.30. The van der Waals surface area contributed by atoms with E-state index in [0.29, 0.717) is 17.6 Å². The molecule has 0 aliphatic carbocycles. The van der Waals surface area contributed by atoms with Gasteiger partial charge in [0.15, 0.2) is 11.5 Å². The van der Waals surface area contributed by atoms with Crippen LogP contribution in [0, 0.1) is 0 Å². The normalized spacial score (nSPS) is 12.6. The quantitative estimate of drug-likeness (QED) is 0.665. The number of hydrogen-bond donors (Lipinski definition) is 1. The summed E-state index contributed by atoms with van der Waals surface area (Å²) in [4.78, 5) is 2.06. The first-order valence-electron chi connectivity index (χ1n) is 7.64. The molecule has 1 atom stereocenters. The minimum atomic E-state index is -2.91. The zero-order chi connectivity index (χ0) is 18.4. The maximum Gasteiger partial charge on any atom is 0.387 e. The molecule has 8 heteroatoms. The summed E-state index contributed by atoms with van der Waals surface area (Å²) >= 11 is 3.25. The largest absolute Gasteiger partial charge is 0.493 e. The Bertz CT molecular complexity index is 666. The van der Waals surface area contributed by atoms with E-state index < -0.39 is 6.61 Å². The van der Waals surface area contributed by atoms with Gasteiger partial charge in [-0.05, 0) is 59.9 Å².